The van der Waals surface area contributed by atoms with Crippen molar-refractivity contribution in [2.45, 2.75) is 30.1 Å². The molecule has 12 heteroatoms. The van der Waals surface area contributed by atoms with Crippen molar-refractivity contribution in [2.24, 2.45) is 0 Å². The standard InChI is InChI=1S/C19H21N3O7S2/c1-28-14-6-4-13(5-7-14)11-19(8-9-19)31(26,27)21-15-3-2-10-20-17(15)16-12-29-30(25)22(16)18(23)24/h2-7,10,16,21H,8-9,11-12H2,1H3,(H,23,24). The van der Waals surface area contributed by atoms with Crippen molar-refractivity contribution in [3.8, 4) is 5.75 Å². The van der Waals surface area contributed by atoms with Crippen LogP contribution < -0.4 is 9.46 Å². The number of methoxy groups -OCH3 is 1. The molecule has 4 rings (SSSR count). The van der Waals surface area contributed by atoms with E-state index in [0.717, 1.165) is 5.56 Å². The maximum Gasteiger partial charge on any atom is 0.421 e. The van der Waals surface area contributed by atoms with Crippen LogP contribution in [0, 0.1) is 0 Å². The molecule has 1 amide bonds. The summed E-state index contributed by atoms with van der Waals surface area (Å²) in [5, 5.41) is 9.36. The minimum atomic E-state index is -3.82. The minimum absolute atomic E-state index is 0.138. The molecule has 1 aliphatic heterocycles. The van der Waals surface area contributed by atoms with Crippen molar-refractivity contribution in [2.75, 3.05) is 18.4 Å². The highest BCUT2D eigenvalue weighted by molar-refractivity contribution is 7.94. The normalized spacial score (nSPS) is 22.2. The van der Waals surface area contributed by atoms with Gasteiger partial charge in [0.25, 0.3) is 11.3 Å². The van der Waals surface area contributed by atoms with Gasteiger partial charge >= 0.3 is 6.09 Å². The van der Waals surface area contributed by atoms with Crippen molar-refractivity contribution in [3.05, 3.63) is 53.9 Å². The summed E-state index contributed by atoms with van der Waals surface area (Å²) in [6.07, 6.45) is 1.31. The molecule has 10 nitrogen and oxygen atoms in total. The van der Waals surface area contributed by atoms with E-state index in [9.17, 15) is 22.5 Å². The Hall–Kier alpha value is -2.70. The number of hydrogen-bond acceptors (Lipinski definition) is 7. The second-order valence-corrected chi connectivity index (χ2v) is 10.5. The van der Waals surface area contributed by atoms with Crippen molar-refractivity contribution in [1.29, 1.82) is 0 Å². The van der Waals surface area contributed by atoms with Crippen molar-refractivity contribution < 1.29 is 31.4 Å². The van der Waals surface area contributed by atoms with Crippen LogP contribution in [0.1, 0.15) is 30.1 Å². The Morgan fingerprint density at radius 1 is 1.35 bits per heavy atom. The predicted octanol–water partition coefficient (Wildman–Crippen LogP) is 2.24. The molecule has 1 aliphatic carbocycles. The van der Waals surface area contributed by atoms with Crippen molar-refractivity contribution >= 4 is 33.1 Å². The Labute approximate surface area is 182 Å². The van der Waals surface area contributed by atoms with Gasteiger partial charge in [-0.05, 0) is 49.1 Å². The van der Waals surface area contributed by atoms with Gasteiger partial charge in [0, 0.05) is 6.20 Å². The number of aromatic nitrogens is 1. The molecule has 1 aromatic carbocycles. The van der Waals surface area contributed by atoms with Crippen LogP contribution in [0.4, 0.5) is 10.5 Å². The fourth-order valence-corrected chi connectivity index (χ4v) is 6.09. The van der Waals surface area contributed by atoms with Crippen LogP contribution in [0.5, 0.6) is 5.75 Å². The van der Waals surface area contributed by atoms with Gasteiger partial charge in [0.2, 0.25) is 10.0 Å². The molecule has 166 valence electrons. The Bertz CT molecular complexity index is 1120. The first-order chi connectivity index (χ1) is 14.8. The molecule has 2 atom stereocenters. The summed E-state index contributed by atoms with van der Waals surface area (Å²) in [5.74, 6) is 0.689. The first kappa shape index (κ1) is 21.5. The number of hydrogen-bond donors (Lipinski definition) is 2. The SMILES string of the molecule is COc1ccc(CC2(S(=O)(=O)Nc3cccnc3C3COS(=O)N3C(=O)O)CC2)cc1. The zero-order valence-corrected chi connectivity index (χ0v) is 18.2. The van der Waals surface area contributed by atoms with Gasteiger partial charge in [0.1, 0.15) is 11.8 Å². The molecule has 0 radical (unpaired) electrons. The fraction of sp³-hybridized carbons (Fsp3) is 0.368. The smallest absolute Gasteiger partial charge is 0.421 e. The van der Waals surface area contributed by atoms with Crippen LogP contribution in [0.3, 0.4) is 0 Å². The lowest BCUT2D eigenvalue weighted by Crippen LogP contribution is -2.34. The summed E-state index contributed by atoms with van der Waals surface area (Å²) in [7, 11) is -2.26. The Morgan fingerprint density at radius 2 is 2.06 bits per heavy atom. The molecule has 1 saturated carbocycles. The van der Waals surface area contributed by atoms with Crippen LogP contribution in [-0.4, -0.2) is 51.6 Å². The largest absolute Gasteiger partial charge is 0.497 e. The van der Waals surface area contributed by atoms with Crippen LogP contribution in [0.15, 0.2) is 42.6 Å². The summed E-state index contributed by atoms with van der Waals surface area (Å²) >= 11 is -2.18. The topological polar surface area (TPSA) is 135 Å². The molecular weight excluding hydrogens is 446 g/mol. The number of benzene rings is 1. The number of nitrogens with zero attached hydrogens (tertiary/aromatic N) is 2. The lowest BCUT2D eigenvalue weighted by molar-refractivity contribution is 0.165. The lowest BCUT2D eigenvalue weighted by atomic mass is 10.1. The van der Waals surface area contributed by atoms with Gasteiger partial charge in [0.05, 0.1) is 29.8 Å². The number of nitrogens with one attached hydrogen (secondary N) is 1. The molecule has 0 bridgehead atoms. The Morgan fingerprint density at radius 3 is 2.68 bits per heavy atom. The summed E-state index contributed by atoms with van der Waals surface area (Å²) in [5.41, 5.74) is 1.15. The summed E-state index contributed by atoms with van der Waals surface area (Å²) < 4.78 is 50.8. The number of carbonyl (C=O) groups is 1. The van der Waals surface area contributed by atoms with Crippen molar-refractivity contribution in [1.82, 2.24) is 9.29 Å². The van der Waals surface area contributed by atoms with E-state index in [-0.39, 0.29) is 18.0 Å². The Kier molecular flexibility index (Phi) is 5.62. The number of rotatable bonds is 7. The van der Waals surface area contributed by atoms with Gasteiger partial charge in [-0.25, -0.2) is 17.4 Å². The molecule has 0 spiro atoms. The van der Waals surface area contributed by atoms with Crippen LogP contribution in [0.25, 0.3) is 0 Å². The van der Waals surface area contributed by atoms with Crippen molar-refractivity contribution in [3.63, 3.8) is 0 Å². The lowest BCUT2D eigenvalue weighted by Gasteiger charge is -2.22. The first-order valence-electron chi connectivity index (χ1n) is 9.44. The van der Waals surface area contributed by atoms with Gasteiger partial charge in [-0.15, -0.1) is 0 Å². The number of amides is 1. The van der Waals surface area contributed by atoms with Crippen LogP contribution in [-0.2, 0) is 31.9 Å². The molecule has 2 fully saturated rings. The molecule has 2 N–H and O–H groups in total. The summed E-state index contributed by atoms with van der Waals surface area (Å²) in [4.78, 5) is 15.6. The van der Waals surface area contributed by atoms with Crippen LogP contribution in [0.2, 0.25) is 0 Å². The molecule has 2 aromatic rings. The fourth-order valence-electron chi connectivity index (χ4n) is 3.56. The van der Waals surface area contributed by atoms with E-state index in [1.807, 2.05) is 12.1 Å². The van der Waals surface area contributed by atoms with Gasteiger partial charge in [0.15, 0.2) is 0 Å². The van der Waals surface area contributed by atoms with E-state index in [2.05, 4.69) is 9.71 Å². The molecular formula is C19H21N3O7S2. The third kappa shape index (κ3) is 4.10. The average Bonchev–Trinajstić information content (AvgIpc) is 3.43. The zero-order valence-electron chi connectivity index (χ0n) is 16.6. The third-order valence-corrected chi connectivity index (χ3v) is 8.67. The van der Waals surface area contributed by atoms with E-state index < -0.39 is 38.2 Å². The second-order valence-electron chi connectivity index (χ2n) is 7.38. The van der Waals surface area contributed by atoms with E-state index in [4.69, 9.17) is 8.92 Å². The number of anilines is 1. The molecule has 1 saturated heterocycles. The van der Waals surface area contributed by atoms with E-state index in [0.29, 0.717) is 29.3 Å². The number of carboxylic acid groups (broad SMARTS) is 1. The van der Waals surface area contributed by atoms with Gasteiger partial charge in [-0.1, -0.05) is 12.1 Å². The Balaban J connectivity index is 1.59. The highest BCUT2D eigenvalue weighted by Crippen LogP contribution is 2.47. The van der Waals surface area contributed by atoms with Crippen LogP contribution >= 0.6 is 0 Å². The van der Waals surface area contributed by atoms with Gasteiger partial charge in [-0.3, -0.25) is 13.9 Å². The second kappa shape index (κ2) is 8.09. The monoisotopic (exact) mass is 467 g/mol. The third-order valence-electron chi connectivity index (χ3n) is 5.42. The maximum atomic E-state index is 13.3. The zero-order chi connectivity index (χ0) is 22.2. The molecule has 2 aliphatic rings. The average molecular weight is 468 g/mol. The highest BCUT2D eigenvalue weighted by atomic mass is 32.2. The maximum absolute atomic E-state index is 13.3. The van der Waals surface area contributed by atoms with Gasteiger partial charge in [-0.2, -0.15) is 4.31 Å². The van der Waals surface area contributed by atoms with Gasteiger partial charge < -0.3 is 9.84 Å². The quantitative estimate of drug-likeness (QED) is 0.633. The molecule has 2 unspecified atom stereocenters. The molecule has 31 heavy (non-hydrogen) atoms. The van der Waals surface area contributed by atoms with E-state index >= 15 is 0 Å². The highest BCUT2D eigenvalue weighted by Gasteiger charge is 2.55. The number of pyridine rings is 1. The van der Waals surface area contributed by atoms with E-state index in [1.54, 1.807) is 25.3 Å². The number of ether oxygens (including phenoxy) is 1. The van der Waals surface area contributed by atoms with E-state index in [1.165, 1.54) is 12.3 Å². The molecule has 2 heterocycles. The summed E-state index contributed by atoms with van der Waals surface area (Å²) in [6.45, 7) is -0.193. The number of sulfonamides is 1. The summed E-state index contributed by atoms with van der Waals surface area (Å²) in [6, 6.07) is 9.29. The first-order valence-corrected chi connectivity index (χ1v) is 12.0. The predicted molar refractivity (Wildman–Crippen MR) is 112 cm³/mol. The minimum Gasteiger partial charge on any atom is -0.497 e. The molecule has 1 aromatic heterocycles.